The van der Waals surface area contributed by atoms with E-state index in [0.717, 1.165) is 24.8 Å². The zero-order chi connectivity index (χ0) is 15.3. The lowest BCUT2D eigenvalue weighted by atomic mass is 9.89. The third-order valence-corrected chi connectivity index (χ3v) is 5.77. The summed E-state index contributed by atoms with van der Waals surface area (Å²) in [6.07, 6.45) is 6.03. The van der Waals surface area contributed by atoms with Crippen LogP contribution in [0.5, 0.6) is 0 Å². The van der Waals surface area contributed by atoms with Gasteiger partial charge in [0.1, 0.15) is 0 Å². The maximum Gasteiger partial charge on any atom is 0.240 e. The second-order valence-corrected chi connectivity index (χ2v) is 8.08. The first-order valence-corrected chi connectivity index (χ1v) is 9.13. The second-order valence-electron chi connectivity index (χ2n) is 6.31. The lowest BCUT2D eigenvalue weighted by molar-refractivity contribution is 0.288. The molecule has 1 saturated carbocycles. The summed E-state index contributed by atoms with van der Waals surface area (Å²) >= 11 is 0. The highest BCUT2D eigenvalue weighted by Crippen LogP contribution is 2.36. The summed E-state index contributed by atoms with van der Waals surface area (Å²) in [5.74, 6) is 0. The van der Waals surface area contributed by atoms with Gasteiger partial charge in [-0.3, -0.25) is 0 Å². The van der Waals surface area contributed by atoms with E-state index in [1.54, 1.807) is 12.1 Å². The highest BCUT2D eigenvalue weighted by molar-refractivity contribution is 7.89. The van der Waals surface area contributed by atoms with Gasteiger partial charge in [-0.05, 0) is 48.8 Å². The summed E-state index contributed by atoms with van der Waals surface area (Å²) in [7, 11) is -3.42. The molecule has 0 aromatic heterocycles. The number of aliphatic hydroxyl groups excluding tert-OH is 1. The predicted octanol–water partition coefficient (Wildman–Crippen LogP) is 2.47. The van der Waals surface area contributed by atoms with Crippen LogP contribution >= 0.6 is 0 Å². The Hall–Kier alpha value is -0.910. The van der Waals surface area contributed by atoms with Crippen LogP contribution in [0, 0.1) is 5.41 Å². The van der Waals surface area contributed by atoms with Crippen LogP contribution in [-0.4, -0.2) is 26.7 Å². The van der Waals surface area contributed by atoms with Crippen LogP contribution in [0.1, 0.15) is 44.6 Å². The zero-order valence-corrected chi connectivity index (χ0v) is 13.5. The first-order valence-electron chi connectivity index (χ1n) is 7.65. The van der Waals surface area contributed by atoms with E-state index < -0.39 is 10.0 Å². The SMILES string of the molecule is CC1(CNS(=O)(=O)c2ccc(CCCO)cc2)CCCC1. The normalized spacial score (nSPS) is 18.0. The van der Waals surface area contributed by atoms with Gasteiger partial charge < -0.3 is 5.11 Å². The van der Waals surface area contributed by atoms with Crippen LogP contribution < -0.4 is 4.72 Å². The molecular formula is C16H25NO3S. The third-order valence-electron chi connectivity index (χ3n) is 4.36. The van der Waals surface area contributed by atoms with Crippen LogP contribution in [0.4, 0.5) is 0 Å². The molecule has 5 heteroatoms. The highest BCUT2D eigenvalue weighted by Gasteiger charge is 2.30. The zero-order valence-electron chi connectivity index (χ0n) is 12.6. The highest BCUT2D eigenvalue weighted by atomic mass is 32.2. The average molecular weight is 311 g/mol. The Morgan fingerprint density at radius 2 is 1.81 bits per heavy atom. The van der Waals surface area contributed by atoms with Gasteiger partial charge in [0.15, 0.2) is 0 Å². The van der Waals surface area contributed by atoms with Crippen molar-refractivity contribution in [1.29, 1.82) is 0 Å². The van der Waals surface area contributed by atoms with Crippen molar-refractivity contribution in [2.45, 2.75) is 50.3 Å². The fraction of sp³-hybridized carbons (Fsp3) is 0.625. The molecule has 1 aromatic carbocycles. The van der Waals surface area contributed by atoms with Crippen molar-refractivity contribution in [3.8, 4) is 0 Å². The summed E-state index contributed by atoms with van der Waals surface area (Å²) in [4.78, 5) is 0.317. The van der Waals surface area contributed by atoms with Gasteiger partial charge in [0.05, 0.1) is 4.90 Å². The van der Waals surface area contributed by atoms with Crippen LogP contribution in [0.3, 0.4) is 0 Å². The lowest BCUT2D eigenvalue weighted by Crippen LogP contribution is -2.34. The van der Waals surface area contributed by atoms with Crippen LogP contribution in [0.2, 0.25) is 0 Å². The van der Waals surface area contributed by atoms with E-state index in [0.29, 0.717) is 17.9 Å². The van der Waals surface area contributed by atoms with E-state index in [4.69, 9.17) is 5.11 Å². The molecule has 1 aliphatic carbocycles. The Kier molecular flexibility index (Phi) is 5.41. The number of hydrogen-bond acceptors (Lipinski definition) is 3. The van der Waals surface area contributed by atoms with Crippen molar-refractivity contribution in [1.82, 2.24) is 4.72 Å². The molecule has 2 N–H and O–H groups in total. The van der Waals surface area contributed by atoms with Crippen molar-refractivity contribution in [3.05, 3.63) is 29.8 Å². The van der Waals surface area contributed by atoms with Gasteiger partial charge in [-0.25, -0.2) is 13.1 Å². The number of sulfonamides is 1. The number of benzene rings is 1. The minimum Gasteiger partial charge on any atom is -0.396 e. The van der Waals surface area contributed by atoms with Gasteiger partial charge in [0.25, 0.3) is 0 Å². The fourth-order valence-electron chi connectivity index (χ4n) is 2.88. The smallest absolute Gasteiger partial charge is 0.240 e. The Bertz CT molecular complexity index is 545. The van der Waals surface area contributed by atoms with Gasteiger partial charge in [-0.2, -0.15) is 0 Å². The number of aliphatic hydroxyl groups is 1. The Balaban J connectivity index is 1.98. The first kappa shape index (κ1) is 16.5. The summed E-state index contributed by atoms with van der Waals surface area (Å²) in [5.41, 5.74) is 1.15. The van der Waals surface area contributed by atoms with Gasteiger partial charge in [-0.15, -0.1) is 0 Å². The molecule has 4 nitrogen and oxygen atoms in total. The molecule has 0 radical (unpaired) electrons. The monoisotopic (exact) mass is 311 g/mol. The van der Waals surface area contributed by atoms with E-state index in [-0.39, 0.29) is 12.0 Å². The van der Waals surface area contributed by atoms with E-state index >= 15 is 0 Å². The molecule has 1 fully saturated rings. The summed E-state index contributed by atoms with van der Waals surface area (Å²) in [5, 5.41) is 8.80. The van der Waals surface area contributed by atoms with Gasteiger partial charge in [0.2, 0.25) is 10.0 Å². The molecule has 118 valence electrons. The molecule has 2 rings (SSSR count). The number of hydrogen-bond donors (Lipinski definition) is 2. The number of nitrogens with one attached hydrogen (secondary N) is 1. The average Bonchev–Trinajstić information content (AvgIpc) is 2.91. The Morgan fingerprint density at radius 3 is 2.38 bits per heavy atom. The minimum atomic E-state index is -3.42. The minimum absolute atomic E-state index is 0.105. The van der Waals surface area contributed by atoms with Crippen molar-refractivity contribution in [3.63, 3.8) is 0 Å². The topological polar surface area (TPSA) is 66.4 Å². The standard InChI is InChI=1S/C16H25NO3S/c1-16(10-2-3-11-16)13-17-21(19,20)15-8-6-14(7-9-15)5-4-12-18/h6-9,17-18H,2-5,10-13H2,1H3. The largest absolute Gasteiger partial charge is 0.396 e. The molecule has 1 aromatic rings. The molecular weight excluding hydrogens is 286 g/mol. The maximum atomic E-state index is 12.3. The Morgan fingerprint density at radius 1 is 1.19 bits per heavy atom. The van der Waals surface area contributed by atoms with Crippen LogP contribution in [0.15, 0.2) is 29.2 Å². The van der Waals surface area contributed by atoms with E-state index in [1.165, 1.54) is 12.8 Å². The van der Waals surface area contributed by atoms with Crippen LogP contribution in [0.25, 0.3) is 0 Å². The molecule has 1 aliphatic rings. The molecule has 21 heavy (non-hydrogen) atoms. The Labute approximate surface area is 127 Å². The third kappa shape index (κ3) is 4.53. The molecule has 0 amide bonds. The van der Waals surface area contributed by atoms with Crippen molar-refractivity contribution in [2.75, 3.05) is 13.2 Å². The van der Waals surface area contributed by atoms with Crippen molar-refractivity contribution in [2.24, 2.45) is 5.41 Å². The van der Waals surface area contributed by atoms with E-state index in [9.17, 15) is 8.42 Å². The molecule has 0 spiro atoms. The van der Waals surface area contributed by atoms with Crippen molar-refractivity contribution < 1.29 is 13.5 Å². The first-order chi connectivity index (χ1) is 9.95. The fourth-order valence-corrected chi connectivity index (χ4v) is 4.08. The lowest BCUT2D eigenvalue weighted by Gasteiger charge is -2.23. The molecule has 0 heterocycles. The molecule has 0 saturated heterocycles. The number of aryl methyl sites for hydroxylation is 1. The molecule has 0 aliphatic heterocycles. The quantitative estimate of drug-likeness (QED) is 0.813. The molecule has 0 bridgehead atoms. The van der Waals surface area contributed by atoms with Crippen molar-refractivity contribution >= 4 is 10.0 Å². The predicted molar refractivity (Wildman–Crippen MR) is 83.6 cm³/mol. The molecule has 0 unspecified atom stereocenters. The summed E-state index contributed by atoms with van der Waals surface area (Å²) < 4.78 is 27.4. The molecule has 0 atom stereocenters. The van der Waals surface area contributed by atoms with Crippen LogP contribution in [-0.2, 0) is 16.4 Å². The number of rotatable bonds is 7. The van der Waals surface area contributed by atoms with Gasteiger partial charge >= 0.3 is 0 Å². The van der Waals surface area contributed by atoms with Gasteiger partial charge in [-0.1, -0.05) is 31.9 Å². The van der Waals surface area contributed by atoms with E-state index in [1.807, 2.05) is 12.1 Å². The summed E-state index contributed by atoms with van der Waals surface area (Å²) in [6.45, 7) is 2.82. The maximum absolute atomic E-state index is 12.3. The summed E-state index contributed by atoms with van der Waals surface area (Å²) in [6, 6.07) is 6.93. The van der Waals surface area contributed by atoms with Gasteiger partial charge in [0, 0.05) is 13.2 Å². The second kappa shape index (κ2) is 6.90. The van der Waals surface area contributed by atoms with E-state index in [2.05, 4.69) is 11.6 Å².